The van der Waals surface area contributed by atoms with Gasteiger partial charge in [0.25, 0.3) is 5.91 Å². The highest BCUT2D eigenvalue weighted by Gasteiger charge is 2.30. The Hall–Kier alpha value is -3.39. The van der Waals surface area contributed by atoms with E-state index in [0.29, 0.717) is 18.0 Å². The van der Waals surface area contributed by atoms with E-state index >= 15 is 0 Å². The number of nitrogens with one attached hydrogen (secondary N) is 2. The lowest BCUT2D eigenvalue weighted by molar-refractivity contribution is -0.137. The molecular weight excluding hydrogens is 425 g/mol. The fourth-order valence-corrected chi connectivity index (χ4v) is 2.95. The summed E-state index contributed by atoms with van der Waals surface area (Å²) in [6.45, 7) is 0.503. The fourth-order valence-electron chi connectivity index (χ4n) is 2.74. The molecule has 3 aromatic carbocycles. The SMILES string of the molecule is O=C(NC(=S)Nc1cccc(OCCc2ccccc2)c1)c1ccc(C(F)(F)F)cc1. The van der Waals surface area contributed by atoms with Gasteiger partial charge in [0.1, 0.15) is 5.75 Å². The van der Waals surface area contributed by atoms with Crippen LogP contribution in [0, 0.1) is 0 Å². The molecule has 0 unspecified atom stereocenters. The number of thiocarbonyl (C=S) groups is 1. The van der Waals surface area contributed by atoms with Crippen molar-refractivity contribution in [3.05, 3.63) is 95.6 Å². The summed E-state index contributed by atoms with van der Waals surface area (Å²) >= 11 is 5.13. The maximum Gasteiger partial charge on any atom is 0.416 e. The number of carbonyl (C=O) groups excluding carboxylic acids is 1. The standard InChI is InChI=1S/C23H19F3N2O2S/c24-23(25,26)18-11-9-17(10-12-18)21(29)28-22(31)27-19-7-4-8-20(15-19)30-14-13-16-5-2-1-3-6-16/h1-12,15H,13-14H2,(H2,27,28,29,31). The summed E-state index contributed by atoms with van der Waals surface area (Å²) in [5.74, 6) is 0.0271. The lowest BCUT2D eigenvalue weighted by atomic mass is 10.1. The Morgan fingerprint density at radius 2 is 1.65 bits per heavy atom. The summed E-state index contributed by atoms with van der Waals surface area (Å²) in [4.78, 5) is 12.2. The Bertz CT molecular complexity index is 1040. The Labute approximate surface area is 183 Å². The molecule has 0 fully saturated rings. The highest BCUT2D eigenvalue weighted by Crippen LogP contribution is 2.29. The number of halogens is 3. The second kappa shape index (κ2) is 10.1. The molecule has 0 heterocycles. The summed E-state index contributed by atoms with van der Waals surface area (Å²) < 4.78 is 43.6. The smallest absolute Gasteiger partial charge is 0.416 e. The molecule has 1 amide bonds. The number of amides is 1. The third-order valence-electron chi connectivity index (χ3n) is 4.30. The zero-order valence-corrected chi connectivity index (χ0v) is 17.1. The van der Waals surface area contributed by atoms with Gasteiger partial charge in [-0.15, -0.1) is 0 Å². The topological polar surface area (TPSA) is 50.4 Å². The average Bonchev–Trinajstić information content (AvgIpc) is 2.74. The van der Waals surface area contributed by atoms with Gasteiger partial charge in [-0.25, -0.2) is 0 Å². The average molecular weight is 444 g/mol. The first-order valence-electron chi connectivity index (χ1n) is 9.37. The summed E-state index contributed by atoms with van der Waals surface area (Å²) in [6, 6.07) is 20.9. The molecule has 0 atom stereocenters. The lowest BCUT2D eigenvalue weighted by Crippen LogP contribution is -2.34. The first-order valence-corrected chi connectivity index (χ1v) is 9.78. The predicted molar refractivity (Wildman–Crippen MR) is 117 cm³/mol. The van der Waals surface area contributed by atoms with Crippen LogP contribution in [0.15, 0.2) is 78.9 Å². The Kier molecular flexibility index (Phi) is 7.25. The van der Waals surface area contributed by atoms with Gasteiger partial charge in [0.05, 0.1) is 12.2 Å². The molecule has 0 bridgehead atoms. The Morgan fingerprint density at radius 3 is 2.32 bits per heavy atom. The quantitative estimate of drug-likeness (QED) is 0.496. The van der Waals surface area contributed by atoms with Gasteiger partial charge in [-0.3, -0.25) is 10.1 Å². The van der Waals surface area contributed by atoms with Crippen molar-refractivity contribution in [1.29, 1.82) is 0 Å². The first-order chi connectivity index (χ1) is 14.8. The predicted octanol–water partition coefficient (Wildman–Crippen LogP) is 5.45. The fraction of sp³-hybridized carbons (Fsp3) is 0.130. The van der Waals surface area contributed by atoms with Crippen LogP contribution in [0.5, 0.6) is 5.75 Å². The van der Waals surface area contributed by atoms with E-state index in [4.69, 9.17) is 17.0 Å². The molecule has 0 saturated heterocycles. The molecule has 0 aliphatic carbocycles. The molecule has 4 nitrogen and oxygen atoms in total. The van der Waals surface area contributed by atoms with Gasteiger partial charge in [0.2, 0.25) is 0 Å². The van der Waals surface area contributed by atoms with E-state index in [2.05, 4.69) is 10.6 Å². The van der Waals surface area contributed by atoms with E-state index in [1.807, 2.05) is 30.3 Å². The molecule has 2 N–H and O–H groups in total. The van der Waals surface area contributed by atoms with Crippen LogP contribution in [0.1, 0.15) is 21.5 Å². The third kappa shape index (κ3) is 6.82. The van der Waals surface area contributed by atoms with Crippen LogP contribution < -0.4 is 15.4 Å². The molecule has 3 rings (SSSR count). The van der Waals surface area contributed by atoms with Crippen molar-refractivity contribution in [2.24, 2.45) is 0 Å². The van der Waals surface area contributed by atoms with Gasteiger partial charge >= 0.3 is 6.18 Å². The second-order valence-corrected chi connectivity index (χ2v) is 7.00. The molecule has 0 spiro atoms. The molecule has 8 heteroatoms. The first kappa shape index (κ1) is 22.3. The van der Waals surface area contributed by atoms with Crippen LogP contribution in [-0.4, -0.2) is 17.6 Å². The van der Waals surface area contributed by atoms with Crippen LogP contribution in [0.25, 0.3) is 0 Å². The zero-order chi connectivity index (χ0) is 22.3. The van der Waals surface area contributed by atoms with Crippen LogP contribution in [-0.2, 0) is 12.6 Å². The Morgan fingerprint density at radius 1 is 0.935 bits per heavy atom. The van der Waals surface area contributed by atoms with Crippen LogP contribution >= 0.6 is 12.2 Å². The number of carbonyl (C=O) groups is 1. The number of hydrogen-bond acceptors (Lipinski definition) is 3. The maximum atomic E-state index is 12.6. The largest absolute Gasteiger partial charge is 0.493 e. The van der Waals surface area contributed by atoms with E-state index in [-0.39, 0.29) is 10.7 Å². The molecule has 0 saturated carbocycles. The van der Waals surface area contributed by atoms with E-state index in [1.54, 1.807) is 24.3 Å². The van der Waals surface area contributed by atoms with Crippen molar-refractivity contribution in [2.75, 3.05) is 11.9 Å². The van der Waals surface area contributed by atoms with Crippen molar-refractivity contribution in [3.8, 4) is 5.75 Å². The van der Waals surface area contributed by atoms with E-state index in [0.717, 1.165) is 30.7 Å². The van der Waals surface area contributed by atoms with Gasteiger partial charge in [0.15, 0.2) is 5.11 Å². The molecule has 160 valence electrons. The molecule has 0 aromatic heterocycles. The molecule has 3 aromatic rings. The monoisotopic (exact) mass is 444 g/mol. The normalized spacial score (nSPS) is 10.9. The van der Waals surface area contributed by atoms with Crippen molar-refractivity contribution in [1.82, 2.24) is 5.32 Å². The number of rotatable bonds is 6. The maximum absolute atomic E-state index is 12.6. The van der Waals surface area contributed by atoms with Crippen molar-refractivity contribution < 1.29 is 22.7 Å². The van der Waals surface area contributed by atoms with E-state index in [1.165, 1.54) is 5.56 Å². The number of ether oxygens (including phenoxy) is 1. The molecule has 0 radical (unpaired) electrons. The van der Waals surface area contributed by atoms with E-state index in [9.17, 15) is 18.0 Å². The van der Waals surface area contributed by atoms with Gasteiger partial charge in [0, 0.05) is 23.7 Å². The highest BCUT2D eigenvalue weighted by atomic mass is 32.1. The number of alkyl halides is 3. The summed E-state index contributed by atoms with van der Waals surface area (Å²) in [5, 5.41) is 5.33. The van der Waals surface area contributed by atoms with Gasteiger partial charge < -0.3 is 10.1 Å². The molecular formula is C23H19F3N2O2S. The highest BCUT2D eigenvalue weighted by molar-refractivity contribution is 7.80. The Balaban J connectivity index is 1.52. The van der Waals surface area contributed by atoms with Gasteiger partial charge in [-0.2, -0.15) is 13.2 Å². The van der Waals surface area contributed by atoms with Crippen molar-refractivity contribution >= 4 is 28.9 Å². The van der Waals surface area contributed by atoms with Crippen molar-refractivity contribution in [3.63, 3.8) is 0 Å². The number of benzene rings is 3. The van der Waals surface area contributed by atoms with Crippen LogP contribution in [0.2, 0.25) is 0 Å². The molecule has 31 heavy (non-hydrogen) atoms. The lowest BCUT2D eigenvalue weighted by Gasteiger charge is -2.12. The van der Waals surface area contributed by atoms with Gasteiger partial charge in [-0.1, -0.05) is 36.4 Å². The van der Waals surface area contributed by atoms with Gasteiger partial charge in [-0.05, 0) is 54.2 Å². The minimum absolute atomic E-state index is 0.0198. The summed E-state index contributed by atoms with van der Waals surface area (Å²) in [7, 11) is 0. The molecule has 0 aliphatic rings. The summed E-state index contributed by atoms with van der Waals surface area (Å²) in [5.41, 5.74) is 1.02. The third-order valence-corrected chi connectivity index (χ3v) is 4.50. The second-order valence-electron chi connectivity index (χ2n) is 6.60. The minimum Gasteiger partial charge on any atom is -0.493 e. The minimum atomic E-state index is -4.46. The number of anilines is 1. The van der Waals surface area contributed by atoms with E-state index < -0.39 is 17.6 Å². The molecule has 0 aliphatic heterocycles. The van der Waals surface area contributed by atoms with Crippen LogP contribution in [0.3, 0.4) is 0 Å². The van der Waals surface area contributed by atoms with Crippen molar-refractivity contribution in [2.45, 2.75) is 12.6 Å². The zero-order valence-electron chi connectivity index (χ0n) is 16.3. The summed E-state index contributed by atoms with van der Waals surface area (Å²) in [6.07, 6.45) is -3.69. The van der Waals surface area contributed by atoms with Crippen LogP contribution in [0.4, 0.5) is 18.9 Å². The number of hydrogen-bond donors (Lipinski definition) is 2.